The van der Waals surface area contributed by atoms with Crippen molar-refractivity contribution in [3.63, 3.8) is 0 Å². The van der Waals surface area contributed by atoms with Gasteiger partial charge in [-0.3, -0.25) is 0 Å². The first-order valence-corrected chi connectivity index (χ1v) is 1.86. The minimum atomic E-state index is 1.08. The molecule has 0 aromatic heterocycles. The van der Waals surface area contributed by atoms with E-state index in [2.05, 4.69) is 26.3 Å². The van der Waals surface area contributed by atoms with Gasteiger partial charge in [0.15, 0.2) is 0 Å². The Morgan fingerprint density at radius 1 is 1.67 bits per heavy atom. The van der Waals surface area contributed by atoms with Crippen molar-refractivity contribution in [3.8, 4) is 12.8 Å². The van der Waals surface area contributed by atoms with Gasteiger partial charge in [-0.2, -0.15) is 0 Å². The lowest BCUT2D eigenvalue weighted by Gasteiger charge is -1.57. The smallest absolute Gasteiger partial charge is 0.0382 e. The molecule has 0 aromatic carbocycles. The first kappa shape index (κ1) is 9.00. The highest BCUT2D eigenvalue weighted by Crippen LogP contribution is 1.66. The molecule has 0 amide bonds. The largest absolute Gasteiger partial charge is 0.124 e. The molecule has 0 saturated heterocycles. The van der Waals surface area contributed by atoms with Crippen LogP contribution >= 0.6 is 0 Å². The molecular weight excluding hydrogens is 72.1 g/mol. The molecule has 0 saturated carbocycles. The summed E-state index contributed by atoms with van der Waals surface area (Å²) in [7, 11) is 0. The Morgan fingerprint density at radius 2 is 1.83 bits per heavy atom. The molecule has 0 heteroatoms. The average Bonchev–Trinajstić information content (AvgIpc) is 1.72. The first-order valence-electron chi connectivity index (χ1n) is 1.86. The average molecular weight is 82.1 g/mol. The van der Waals surface area contributed by atoms with Crippen LogP contribution in [-0.2, 0) is 0 Å². The fourth-order valence-electron chi connectivity index (χ4n) is 0. The minimum absolute atomic E-state index is 1.08. The molecule has 34 valence electrons. The quantitative estimate of drug-likeness (QED) is 0.334. The third kappa shape index (κ3) is 194. The number of hydrogen-bond acceptors (Lipinski definition) is 0. The summed E-state index contributed by atoms with van der Waals surface area (Å²) in [5.41, 5.74) is 0. The third-order valence-electron chi connectivity index (χ3n) is 0.289. The number of terminal acetylenes is 1. The first-order chi connectivity index (χ1) is 2.91. The third-order valence-corrected chi connectivity index (χ3v) is 0.289. The van der Waals surface area contributed by atoms with Crippen molar-refractivity contribution >= 4 is 0 Å². The van der Waals surface area contributed by atoms with Crippen molar-refractivity contribution in [3.05, 3.63) is 12.7 Å². The SMILES string of the molecule is C#C.C=CCC. The zero-order valence-corrected chi connectivity index (χ0v) is 4.15. The predicted octanol–water partition coefficient (Wildman–Crippen LogP) is 1.83. The standard InChI is InChI=1S/C4H8.C2H2/c1-3-4-2;1-2/h3H,1,4H2,2H3;1-2H. The highest BCUT2D eigenvalue weighted by Gasteiger charge is 1.45. The summed E-state index contributed by atoms with van der Waals surface area (Å²) >= 11 is 0. The highest BCUT2D eigenvalue weighted by atomic mass is 13.5. The molecule has 0 N–H and O–H groups in total. The maximum Gasteiger partial charge on any atom is -0.0382 e. The van der Waals surface area contributed by atoms with Crippen molar-refractivity contribution in [2.45, 2.75) is 13.3 Å². The summed E-state index contributed by atoms with van der Waals surface area (Å²) in [6.07, 6.45) is 11.0. The van der Waals surface area contributed by atoms with Gasteiger partial charge in [0.25, 0.3) is 0 Å². The Bertz CT molecular complexity index is 32.5. The second kappa shape index (κ2) is 27.7. The van der Waals surface area contributed by atoms with Crippen LogP contribution in [0.2, 0.25) is 0 Å². The molecule has 0 aliphatic carbocycles. The molecule has 0 unspecified atom stereocenters. The van der Waals surface area contributed by atoms with Crippen molar-refractivity contribution < 1.29 is 0 Å². The van der Waals surface area contributed by atoms with E-state index in [0.717, 1.165) is 6.42 Å². The second-order valence-electron chi connectivity index (χ2n) is 0.697. The van der Waals surface area contributed by atoms with Crippen LogP contribution in [-0.4, -0.2) is 0 Å². The number of hydrogen-bond donors (Lipinski definition) is 0. The fraction of sp³-hybridized carbons (Fsp3) is 0.333. The van der Waals surface area contributed by atoms with Crippen molar-refractivity contribution in [2.24, 2.45) is 0 Å². The predicted molar refractivity (Wildman–Crippen MR) is 30.4 cm³/mol. The maximum atomic E-state index is 4.00. The normalized spacial score (nSPS) is 4.50. The molecule has 0 spiro atoms. The summed E-state index contributed by atoms with van der Waals surface area (Å²) < 4.78 is 0. The van der Waals surface area contributed by atoms with Gasteiger partial charge in [-0.1, -0.05) is 13.0 Å². The van der Waals surface area contributed by atoms with E-state index >= 15 is 0 Å². The molecule has 0 atom stereocenters. The van der Waals surface area contributed by atoms with Gasteiger partial charge in [0.2, 0.25) is 0 Å². The molecule has 0 nitrogen and oxygen atoms in total. The summed E-state index contributed by atoms with van der Waals surface area (Å²) in [5.74, 6) is 0. The van der Waals surface area contributed by atoms with E-state index in [4.69, 9.17) is 0 Å². The lowest BCUT2D eigenvalue weighted by molar-refractivity contribution is 1.23. The molecule has 0 aliphatic rings. The van der Waals surface area contributed by atoms with E-state index in [0.29, 0.717) is 0 Å². The Balaban J connectivity index is 0. The highest BCUT2D eigenvalue weighted by molar-refractivity contribution is 4.60. The van der Waals surface area contributed by atoms with Gasteiger partial charge >= 0.3 is 0 Å². The molecule has 0 fully saturated rings. The van der Waals surface area contributed by atoms with Gasteiger partial charge in [0.1, 0.15) is 0 Å². The summed E-state index contributed by atoms with van der Waals surface area (Å²) in [6.45, 7) is 5.54. The maximum absolute atomic E-state index is 4.00. The van der Waals surface area contributed by atoms with Crippen LogP contribution in [0.5, 0.6) is 0 Å². The molecule has 0 aromatic rings. The van der Waals surface area contributed by atoms with Gasteiger partial charge in [0.05, 0.1) is 0 Å². The zero-order chi connectivity index (χ0) is 5.41. The van der Waals surface area contributed by atoms with Gasteiger partial charge in [0, 0.05) is 0 Å². The topological polar surface area (TPSA) is 0 Å². The Kier molecular flexibility index (Phi) is 41.6. The van der Waals surface area contributed by atoms with E-state index < -0.39 is 0 Å². The van der Waals surface area contributed by atoms with Crippen LogP contribution in [0.3, 0.4) is 0 Å². The number of allylic oxidation sites excluding steroid dienone is 1. The summed E-state index contributed by atoms with van der Waals surface area (Å²) in [4.78, 5) is 0. The van der Waals surface area contributed by atoms with Crippen molar-refractivity contribution in [2.75, 3.05) is 0 Å². The van der Waals surface area contributed by atoms with Crippen LogP contribution in [0.25, 0.3) is 0 Å². The lowest BCUT2D eigenvalue weighted by atomic mass is 10.5. The lowest BCUT2D eigenvalue weighted by Crippen LogP contribution is -1.36. The minimum Gasteiger partial charge on any atom is -0.124 e. The van der Waals surface area contributed by atoms with E-state index in [-0.39, 0.29) is 0 Å². The molecule has 0 aliphatic heterocycles. The Hall–Kier alpha value is -0.700. The molecule has 0 bridgehead atoms. The second-order valence-corrected chi connectivity index (χ2v) is 0.697. The summed E-state index contributed by atoms with van der Waals surface area (Å²) in [5, 5.41) is 0. The number of rotatable bonds is 1. The zero-order valence-electron chi connectivity index (χ0n) is 4.15. The van der Waals surface area contributed by atoms with E-state index in [9.17, 15) is 0 Å². The monoisotopic (exact) mass is 82.1 g/mol. The van der Waals surface area contributed by atoms with Gasteiger partial charge < -0.3 is 0 Å². The van der Waals surface area contributed by atoms with Gasteiger partial charge in [-0.15, -0.1) is 19.4 Å². The fourth-order valence-corrected chi connectivity index (χ4v) is 0. The molecule has 0 heterocycles. The van der Waals surface area contributed by atoms with Crippen LogP contribution in [0.4, 0.5) is 0 Å². The van der Waals surface area contributed by atoms with E-state index in [1.165, 1.54) is 0 Å². The Labute approximate surface area is 39.9 Å². The molecule has 0 rings (SSSR count). The van der Waals surface area contributed by atoms with Crippen molar-refractivity contribution in [1.29, 1.82) is 0 Å². The van der Waals surface area contributed by atoms with Crippen LogP contribution in [0.1, 0.15) is 13.3 Å². The summed E-state index contributed by atoms with van der Waals surface area (Å²) in [6, 6.07) is 0. The van der Waals surface area contributed by atoms with E-state index in [1.54, 1.807) is 0 Å². The Morgan fingerprint density at radius 3 is 1.83 bits per heavy atom. The van der Waals surface area contributed by atoms with Crippen LogP contribution < -0.4 is 0 Å². The van der Waals surface area contributed by atoms with Crippen molar-refractivity contribution in [1.82, 2.24) is 0 Å². The molecule has 6 heavy (non-hydrogen) atoms. The molecular formula is C6H10. The van der Waals surface area contributed by atoms with Gasteiger partial charge in [-0.25, -0.2) is 0 Å². The van der Waals surface area contributed by atoms with Crippen LogP contribution in [0.15, 0.2) is 12.7 Å². The van der Waals surface area contributed by atoms with Crippen LogP contribution in [0, 0.1) is 12.8 Å². The molecule has 0 radical (unpaired) electrons. The van der Waals surface area contributed by atoms with E-state index in [1.807, 2.05) is 6.08 Å². The van der Waals surface area contributed by atoms with Gasteiger partial charge in [-0.05, 0) is 6.42 Å².